The Kier molecular flexibility index (Phi) is 4.48. The highest BCUT2D eigenvalue weighted by Crippen LogP contribution is 2.48. The lowest BCUT2D eigenvalue weighted by molar-refractivity contribution is -0.126. The highest BCUT2D eigenvalue weighted by Gasteiger charge is 2.51. The standard InChI is InChI=1S/C18H17BrN2O2/c19-14-6-8-15(9-7-14)21-16(22)12-20-17(23)18(10-11-18)13-4-2-1-3-5-13/h1-9H,10-12H2,(H,20,23)(H,21,22). The molecule has 118 valence electrons. The molecular weight excluding hydrogens is 356 g/mol. The van der Waals surface area contributed by atoms with Crippen LogP contribution in [0.15, 0.2) is 59.1 Å². The first-order valence-corrected chi connectivity index (χ1v) is 8.29. The first-order valence-electron chi connectivity index (χ1n) is 7.49. The quantitative estimate of drug-likeness (QED) is 0.846. The minimum Gasteiger partial charge on any atom is -0.346 e. The molecule has 0 spiro atoms. The molecule has 3 rings (SSSR count). The molecule has 2 N–H and O–H groups in total. The number of benzene rings is 2. The zero-order valence-electron chi connectivity index (χ0n) is 12.5. The van der Waals surface area contributed by atoms with Crippen molar-refractivity contribution < 1.29 is 9.59 Å². The highest BCUT2D eigenvalue weighted by atomic mass is 79.9. The van der Waals surface area contributed by atoms with Gasteiger partial charge in [-0.15, -0.1) is 0 Å². The van der Waals surface area contributed by atoms with Crippen molar-refractivity contribution in [2.24, 2.45) is 0 Å². The Morgan fingerprint density at radius 2 is 1.65 bits per heavy atom. The number of anilines is 1. The van der Waals surface area contributed by atoms with Gasteiger partial charge in [0.25, 0.3) is 0 Å². The molecule has 1 saturated carbocycles. The number of hydrogen-bond donors (Lipinski definition) is 2. The van der Waals surface area contributed by atoms with E-state index in [-0.39, 0.29) is 18.4 Å². The van der Waals surface area contributed by atoms with Crippen LogP contribution < -0.4 is 10.6 Å². The highest BCUT2D eigenvalue weighted by molar-refractivity contribution is 9.10. The average Bonchev–Trinajstić information content (AvgIpc) is 3.37. The number of hydrogen-bond acceptors (Lipinski definition) is 2. The second kappa shape index (κ2) is 6.54. The van der Waals surface area contributed by atoms with Gasteiger partial charge in [0, 0.05) is 10.2 Å². The van der Waals surface area contributed by atoms with Crippen molar-refractivity contribution in [1.29, 1.82) is 0 Å². The van der Waals surface area contributed by atoms with Crippen molar-refractivity contribution in [3.8, 4) is 0 Å². The van der Waals surface area contributed by atoms with Gasteiger partial charge in [-0.05, 0) is 42.7 Å². The van der Waals surface area contributed by atoms with Gasteiger partial charge in [0.2, 0.25) is 11.8 Å². The summed E-state index contributed by atoms with van der Waals surface area (Å²) in [5, 5.41) is 5.52. The summed E-state index contributed by atoms with van der Waals surface area (Å²) in [6, 6.07) is 17.0. The molecule has 2 amide bonds. The number of halogens is 1. The fourth-order valence-electron chi connectivity index (χ4n) is 2.60. The van der Waals surface area contributed by atoms with Crippen molar-refractivity contribution in [2.75, 3.05) is 11.9 Å². The molecule has 1 fully saturated rings. The third-order valence-electron chi connectivity index (χ3n) is 4.05. The average molecular weight is 373 g/mol. The smallest absolute Gasteiger partial charge is 0.243 e. The zero-order chi connectivity index (χ0) is 16.3. The molecule has 0 aromatic heterocycles. The lowest BCUT2D eigenvalue weighted by Crippen LogP contribution is -2.39. The van der Waals surface area contributed by atoms with Crippen LogP contribution in [0.1, 0.15) is 18.4 Å². The molecule has 0 heterocycles. The summed E-state index contributed by atoms with van der Waals surface area (Å²) in [6.45, 7) is -0.0243. The minimum atomic E-state index is -0.445. The predicted octanol–water partition coefficient (Wildman–Crippen LogP) is 3.24. The van der Waals surface area contributed by atoms with Gasteiger partial charge in [-0.25, -0.2) is 0 Å². The summed E-state index contributed by atoms with van der Waals surface area (Å²) >= 11 is 3.34. The van der Waals surface area contributed by atoms with E-state index in [2.05, 4.69) is 26.6 Å². The van der Waals surface area contributed by atoms with Gasteiger partial charge >= 0.3 is 0 Å². The Hall–Kier alpha value is -2.14. The maximum atomic E-state index is 12.4. The van der Waals surface area contributed by atoms with Crippen molar-refractivity contribution in [3.63, 3.8) is 0 Å². The van der Waals surface area contributed by atoms with E-state index < -0.39 is 5.41 Å². The molecule has 0 unspecified atom stereocenters. The summed E-state index contributed by atoms with van der Waals surface area (Å²) in [5.41, 5.74) is 1.28. The van der Waals surface area contributed by atoms with E-state index in [0.717, 1.165) is 22.9 Å². The first kappa shape index (κ1) is 15.7. The van der Waals surface area contributed by atoms with E-state index in [1.165, 1.54) is 0 Å². The lowest BCUT2D eigenvalue weighted by atomic mass is 9.95. The molecule has 0 bridgehead atoms. The summed E-state index contributed by atoms with van der Waals surface area (Å²) in [5.74, 6) is -0.306. The Morgan fingerprint density at radius 1 is 1.00 bits per heavy atom. The molecule has 2 aromatic rings. The molecule has 0 atom stereocenters. The topological polar surface area (TPSA) is 58.2 Å². The van der Waals surface area contributed by atoms with Gasteiger partial charge in [0.05, 0.1) is 12.0 Å². The fourth-order valence-corrected chi connectivity index (χ4v) is 2.86. The van der Waals surface area contributed by atoms with E-state index in [9.17, 15) is 9.59 Å². The van der Waals surface area contributed by atoms with Crippen LogP contribution in [0.25, 0.3) is 0 Å². The maximum Gasteiger partial charge on any atom is 0.243 e. The lowest BCUT2D eigenvalue weighted by Gasteiger charge is -2.15. The number of carbonyl (C=O) groups excluding carboxylic acids is 2. The van der Waals surface area contributed by atoms with Gasteiger partial charge in [-0.3, -0.25) is 9.59 Å². The normalized spacial score (nSPS) is 14.8. The third-order valence-corrected chi connectivity index (χ3v) is 4.58. The minimum absolute atomic E-state index is 0.0243. The molecule has 1 aliphatic rings. The molecular formula is C18H17BrN2O2. The Labute approximate surface area is 143 Å². The monoisotopic (exact) mass is 372 g/mol. The van der Waals surface area contributed by atoms with Crippen molar-refractivity contribution in [3.05, 3.63) is 64.6 Å². The number of rotatable bonds is 5. The Morgan fingerprint density at radius 3 is 2.26 bits per heavy atom. The molecule has 5 heteroatoms. The molecule has 0 saturated heterocycles. The van der Waals surface area contributed by atoms with E-state index in [1.807, 2.05) is 42.5 Å². The number of amides is 2. The van der Waals surface area contributed by atoms with Crippen LogP contribution in [0, 0.1) is 0 Å². The molecule has 0 radical (unpaired) electrons. The fraction of sp³-hybridized carbons (Fsp3) is 0.222. The largest absolute Gasteiger partial charge is 0.346 e. The van der Waals surface area contributed by atoms with Crippen molar-refractivity contribution in [2.45, 2.75) is 18.3 Å². The van der Waals surface area contributed by atoms with E-state index >= 15 is 0 Å². The SMILES string of the molecule is O=C(CNC(=O)C1(c2ccccc2)CC1)Nc1ccc(Br)cc1. The summed E-state index contributed by atoms with van der Waals surface area (Å²) in [6.07, 6.45) is 1.66. The summed E-state index contributed by atoms with van der Waals surface area (Å²) < 4.78 is 0.947. The first-order chi connectivity index (χ1) is 11.1. The second-order valence-corrected chi connectivity index (χ2v) is 6.60. The van der Waals surface area contributed by atoms with Crippen LogP contribution in [0.4, 0.5) is 5.69 Å². The number of carbonyl (C=O) groups is 2. The van der Waals surface area contributed by atoms with Crippen LogP contribution in [0.5, 0.6) is 0 Å². The van der Waals surface area contributed by atoms with Gasteiger partial charge < -0.3 is 10.6 Å². The van der Waals surface area contributed by atoms with Gasteiger partial charge in [-0.2, -0.15) is 0 Å². The maximum absolute atomic E-state index is 12.4. The molecule has 2 aromatic carbocycles. The molecule has 23 heavy (non-hydrogen) atoms. The van der Waals surface area contributed by atoms with Crippen LogP contribution in [-0.4, -0.2) is 18.4 Å². The van der Waals surface area contributed by atoms with Crippen LogP contribution in [0.2, 0.25) is 0 Å². The molecule has 0 aliphatic heterocycles. The van der Waals surface area contributed by atoms with E-state index in [4.69, 9.17) is 0 Å². The summed E-state index contributed by atoms with van der Waals surface area (Å²) in [4.78, 5) is 24.4. The molecule has 4 nitrogen and oxygen atoms in total. The van der Waals surface area contributed by atoms with Crippen LogP contribution in [-0.2, 0) is 15.0 Å². The van der Waals surface area contributed by atoms with Crippen molar-refractivity contribution in [1.82, 2.24) is 5.32 Å². The predicted molar refractivity (Wildman–Crippen MR) is 93.1 cm³/mol. The van der Waals surface area contributed by atoms with Crippen LogP contribution >= 0.6 is 15.9 Å². The molecule has 1 aliphatic carbocycles. The van der Waals surface area contributed by atoms with E-state index in [0.29, 0.717) is 5.69 Å². The second-order valence-electron chi connectivity index (χ2n) is 5.69. The van der Waals surface area contributed by atoms with Crippen molar-refractivity contribution >= 4 is 33.4 Å². The van der Waals surface area contributed by atoms with Crippen LogP contribution in [0.3, 0.4) is 0 Å². The Bertz CT molecular complexity index is 710. The zero-order valence-corrected chi connectivity index (χ0v) is 14.1. The number of nitrogens with one attached hydrogen (secondary N) is 2. The van der Waals surface area contributed by atoms with Gasteiger partial charge in [-0.1, -0.05) is 46.3 Å². The third kappa shape index (κ3) is 3.62. The summed E-state index contributed by atoms with van der Waals surface area (Å²) in [7, 11) is 0. The Balaban J connectivity index is 1.55. The van der Waals surface area contributed by atoms with E-state index in [1.54, 1.807) is 12.1 Å². The van der Waals surface area contributed by atoms with Gasteiger partial charge in [0.1, 0.15) is 0 Å². The van der Waals surface area contributed by atoms with Gasteiger partial charge in [0.15, 0.2) is 0 Å².